The van der Waals surface area contributed by atoms with Crippen LogP contribution in [0.4, 0.5) is 10.1 Å². The minimum atomic E-state index is -0.538. The van der Waals surface area contributed by atoms with Gasteiger partial charge >= 0.3 is 0 Å². The van der Waals surface area contributed by atoms with Gasteiger partial charge in [0.05, 0.1) is 16.9 Å². The minimum absolute atomic E-state index is 0.0393. The molecule has 1 aromatic heterocycles. The summed E-state index contributed by atoms with van der Waals surface area (Å²) in [4.78, 5) is 26.9. The average molecular weight is 413 g/mol. The highest BCUT2D eigenvalue weighted by atomic mass is 19.1. The normalized spacial score (nSPS) is 16.6. The number of rotatable bonds is 6. The molecule has 0 saturated carbocycles. The lowest BCUT2D eigenvalue weighted by Crippen LogP contribution is -2.37. The van der Waals surface area contributed by atoms with E-state index in [1.807, 2.05) is 0 Å². The second-order valence-electron chi connectivity index (χ2n) is 8.03. The van der Waals surface area contributed by atoms with Crippen molar-refractivity contribution in [2.24, 2.45) is 0 Å². The minimum Gasteiger partial charge on any atom is -0.383 e. The molecular formula is C22H28FN5O2. The number of halogens is 1. The van der Waals surface area contributed by atoms with Crippen LogP contribution in [0, 0.1) is 5.82 Å². The van der Waals surface area contributed by atoms with Crippen molar-refractivity contribution in [3.63, 3.8) is 0 Å². The maximum Gasteiger partial charge on any atom is 0.269 e. The molecule has 0 spiro atoms. The van der Waals surface area contributed by atoms with Crippen molar-refractivity contribution in [2.45, 2.75) is 38.5 Å². The van der Waals surface area contributed by atoms with E-state index in [4.69, 9.17) is 0 Å². The summed E-state index contributed by atoms with van der Waals surface area (Å²) in [5, 5.41) is 12.8. The van der Waals surface area contributed by atoms with Gasteiger partial charge in [-0.3, -0.25) is 9.59 Å². The number of aromatic nitrogens is 2. The van der Waals surface area contributed by atoms with Crippen molar-refractivity contribution in [3.8, 4) is 0 Å². The van der Waals surface area contributed by atoms with Crippen LogP contribution < -0.4 is 16.2 Å². The molecule has 3 heterocycles. The summed E-state index contributed by atoms with van der Waals surface area (Å²) in [6.07, 6.45) is 5.67. The van der Waals surface area contributed by atoms with E-state index < -0.39 is 11.7 Å². The SMILES string of the molecule is O=C(NCCN1CCCCC1)c1cc(Cc2n[nH]c(=O)c3c2NCCC3)ccc1F. The molecule has 0 radical (unpaired) electrons. The van der Waals surface area contributed by atoms with E-state index in [-0.39, 0.29) is 11.1 Å². The van der Waals surface area contributed by atoms with E-state index in [1.54, 1.807) is 12.1 Å². The van der Waals surface area contributed by atoms with Crippen LogP contribution in [0.15, 0.2) is 23.0 Å². The van der Waals surface area contributed by atoms with Crippen molar-refractivity contribution in [1.82, 2.24) is 20.4 Å². The van der Waals surface area contributed by atoms with Crippen molar-refractivity contribution in [3.05, 3.63) is 56.8 Å². The number of carbonyl (C=O) groups excluding carboxylic acids is 1. The Labute approximate surface area is 175 Å². The molecule has 1 fully saturated rings. The lowest BCUT2D eigenvalue weighted by molar-refractivity contribution is 0.0942. The lowest BCUT2D eigenvalue weighted by atomic mass is 10.00. The molecule has 30 heavy (non-hydrogen) atoms. The Morgan fingerprint density at radius 3 is 2.87 bits per heavy atom. The van der Waals surface area contributed by atoms with Gasteiger partial charge in [-0.2, -0.15) is 5.10 Å². The number of likely N-dealkylation sites (tertiary alicyclic amines) is 1. The number of hydrogen-bond donors (Lipinski definition) is 3. The van der Waals surface area contributed by atoms with Crippen molar-refractivity contribution in [2.75, 3.05) is 38.0 Å². The molecule has 4 rings (SSSR count). The van der Waals surface area contributed by atoms with Gasteiger partial charge < -0.3 is 15.5 Å². The van der Waals surface area contributed by atoms with Gasteiger partial charge in [-0.05, 0) is 56.5 Å². The molecule has 0 atom stereocenters. The van der Waals surface area contributed by atoms with Gasteiger partial charge in [0, 0.05) is 31.6 Å². The molecule has 0 aliphatic carbocycles. The second kappa shape index (κ2) is 9.38. The number of H-pyrrole nitrogens is 1. The molecule has 1 saturated heterocycles. The highest BCUT2D eigenvalue weighted by molar-refractivity contribution is 5.94. The zero-order valence-corrected chi connectivity index (χ0v) is 17.1. The predicted molar refractivity (Wildman–Crippen MR) is 113 cm³/mol. The Kier molecular flexibility index (Phi) is 6.42. The summed E-state index contributed by atoms with van der Waals surface area (Å²) in [6, 6.07) is 4.55. The third-order valence-corrected chi connectivity index (χ3v) is 5.87. The van der Waals surface area contributed by atoms with E-state index in [9.17, 15) is 14.0 Å². The highest BCUT2D eigenvalue weighted by Gasteiger charge is 2.19. The van der Waals surface area contributed by atoms with Crippen molar-refractivity contribution >= 4 is 11.6 Å². The van der Waals surface area contributed by atoms with Gasteiger partial charge in [-0.25, -0.2) is 9.49 Å². The van der Waals surface area contributed by atoms with Crippen LogP contribution >= 0.6 is 0 Å². The Hall–Kier alpha value is -2.74. The summed E-state index contributed by atoms with van der Waals surface area (Å²) >= 11 is 0. The summed E-state index contributed by atoms with van der Waals surface area (Å²) in [5.41, 5.74) is 2.82. The predicted octanol–water partition coefficient (Wildman–Crippen LogP) is 2.07. The van der Waals surface area contributed by atoms with E-state index >= 15 is 0 Å². The number of aromatic amines is 1. The van der Waals surface area contributed by atoms with Gasteiger partial charge in [0.25, 0.3) is 11.5 Å². The number of hydrogen-bond acceptors (Lipinski definition) is 5. The maximum atomic E-state index is 14.3. The van der Waals surface area contributed by atoms with Crippen molar-refractivity contribution < 1.29 is 9.18 Å². The number of nitrogens with zero attached hydrogens (tertiary/aromatic N) is 2. The number of piperidine rings is 1. The largest absolute Gasteiger partial charge is 0.383 e. The van der Waals surface area contributed by atoms with Crippen LogP contribution in [0.5, 0.6) is 0 Å². The van der Waals surface area contributed by atoms with Crippen molar-refractivity contribution in [1.29, 1.82) is 0 Å². The summed E-state index contributed by atoms with van der Waals surface area (Å²) in [5.74, 6) is -0.940. The van der Waals surface area contributed by atoms with Crippen LogP contribution in [0.2, 0.25) is 0 Å². The summed E-state index contributed by atoms with van der Waals surface area (Å²) < 4.78 is 14.3. The molecule has 2 aliphatic heterocycles. The maximum absolute atomic E-state index is 14.3. The standard InChI is InChI=1S/C22H28FN5O2/c23-18-7-6-15(14-19-20-16(5-4-8-24-20)22(30)27-26-19)13-17(18)21(29)25-9-12-28-10-2-1-3-11-28/h6-7,13,24H,1-5,8-12,14H2,(H,25,29)(H,27,30). The van der Waals surface area contributed by atoms with Gasteiger partial charge in [0.2, 0.25) is 0 Å². The number of carbonyl (C=O) groups is 1. The third-order valence-electron chi connectivity index (χ3n) is 5.87. The molecule has 3 N–H and O–H groups in total. The molecule has 1 aromatic carbocycles. The fourth-order valence-electron chi connectivity index (χ4n) is 4.24. The second-order valence-corrected chi connectivity index (χ2v) is 8.03. The van der Waals surface area contributed by atoms with Gasteiger partial charge in [0.15, 0.2) is 0 Å². The lowest BCUT2D eigenvalue weighted by Gasteiger charge is -2.26. The molecule has 2 aromatic rings. The molecule has 0 unspecified atom stereocenters. The first kappa shape index (κ1) is 20.5. The topological polar surface area (TPSA) is 90.1 Å². The quantitative estimate of drug-likeness (QED) is 0.675. The Balaban J connectivity index is 1.44. The first-order valence-electron chi connectivity index (χ1n) is 10.7. The Morgan fingerprint density at radius 1 is 1.20 bits per heavy atom. The number of amides is 1. The Bertz CT molecular complexity index is 968. The number of benzene rings is 1. The average Bonchev–Trinajstić information content (AvgIpc) is 2.78. The van der Waals surface area contributed by atoms with E-state index in [0.29, 0.717) is 30.6 Å². The first-order chi connectivity index (χ1) is 14.6. The zero-order valence-electron chi connectivity index (χ0n) is 17.1. The molecular weight excluding hydrogens is 385 g/mol. The molecule has 8 heteroatoms. The number of anilines is 1. The molecule has 0 bridgehead atoms. The van der Waals surface area contributed by atoms with Crippen LogP contribution in [0.3, 0.4) is 0 Å². The number of fused-ring (bicyclic) bond motifs is 1. The molecule has 2 aliphatic rings. The van der Waals surface area contributed by atoms with Gasteiger partial charge in [0.1, 0.15) is 5.82 Å². The van der Waals surface area contributed by atoms with E-state index in [0.717, 1.165) is 43.9 Å². The smallest absolute Gasteiger partial charge is 0.269 e. The highest BCUT2D eigenvalue weighted by Crippen LogP contribution is 2.24. The fourth-order valence-corrected chi connectivity index (χ4v) is 4.24. The first-order valence-corrected chi connectivity index (χ1v) is 10.7. The zero-order chi connectivity index (χ0) is 20.9. The van der Waals surface area contributed by atoms with E-state index in [2.05, 4.69) is 25.7 Å². The van der Waals surface area contributed by atoms with Crippen LogP contribution in [-0.4, -0.2) is 53.7 Å². The van der Waals surface area contributed by atoms with Crippen LogP contribution in [-0.2, 0) is 12.8 Å². The van der Waals surface area contributed by atoms with Gasteiger partial charge in [-0.15, -0.1) is 0 Å². The number of nitrogens with one attached hydrogen (secondary N) is 3. The van der Waals surface area contributed by atoms with E-state index in [1.165, 1.54) is 25.3 Å². The summed E-state index contributed by atoms with van der Waals surface area (Å²) in [6.45, 7) is 4.20. The fraction of sp³-hybridized carbons (Fsp3) is 0.500. The van der Waals surface area contributed by atoms with Gasteiger partial charge in [-0.1, -0.05) is 12.5 Å². The monoisotopic (exact) mass is 413 g/mol. The molecule has 7 nitrogen and oxygen atoms in total. The Morgan fingerprint density at radius 2 is 2.03 bits per heavy atom. The summed E-state index contributed by atoms with van der Waals surface area (Å²) in [7, 11) is 0. The molecule has 1 amide bonds. The molecule has 160 valence electrons. The third kappa shape index (κ3) is 4.70. The van der Waals surface area contributed by atoms with Crippen LogP contribution in [0.1, 0.15) is 52.9 Å². The van der Waals surface area contributed by atoms with Crippen LogP contribution in [0.25, 0.3) is 0 Å².